The molecule has 54 heavy (non-hydrogen) atoms. The maximum Gasteiger partial charge on any atom is 0.306 e. The van der Waals surface area contributed by atoms with Crippen LogP contribution in [-0.4, -0.2) is 96.0 Å². The Morgan fingerprint density at radius 2 is 1.06 bits per heavy atom. The van der Waals surface area contributed by atoms with Gasteiger partial charge in [0.15, 0.2) is 12.4 Å². The van der Waals surface area contributed by atoms with Crippen LogP contribution in [0.3, 0.4) is 0 Å². The summed E-state index contributed by atoms with van der Waals surface area (Å²) in [6, 6.07) is 0. The van der Waals surface area contributed by atoms with Gasteiger partial charge in [0.2, 0.25) is 0 Å². The van der Waals surface area contributed by atoms with Crippen LogP contribution >= 0.6 is 0 Å². The zero-order chi connectivity index (χ0) is 39.9. The minimum atomic E-state index is -4.60. The van der Waals surface area contributed by atoms with Crippen LogP contribution in [-0.2, 0) is 38.7 Å². The van der Waals surface area contributed by atoms with E-state index in [1.54, 1.807) is 0 Å². The van der Waals surface area contributed by atoms with Gasteiger partial charge in [0.1, 0.15) is 36.8 Å². The van der Waals surface area contributed by atoms with Gasteiger partial charge in [0.25, 0.3) is 10.1 Å². The van der Waals surface area contributed by atoms with Crippen molar-refractivity contribution in [3.05, 3.63) is 12.2 Å². The third kappa shape index (κ3) is 27.1. The molecule has 2 unspecified atom stereocenters. The number of carbonyl (C=O) groups excluding carboxylic acids is 2. The fourth-order valence-corrected chi connectivity index (χ4v) is 7.19. The fourth-order valence-electron chi connectivity index (χ4n) is 6.49. The Hall–Kier alpha value is -1.61. The first-order valence-electron chi connectivity index (χ1n) is 21.2. The van der Waals surface area contributed by atoms with Gasteiger partial charge >= 0.3 is 11.9 Å². The summed E-state index contributed by atoms with van der Waals surface area (Å²) in [6.45, 7) is 3.73. The molecule has 0 aromatic heterocycles. The second-order valence-corrected chi connectivity index (χ2v) is 16.5. The minimum absolute atomic E-state index is 0.163. The topological polar surface area (TPSA) is 186 Å². The van der Waals surface area contributed by atoms with Crippen molar-refractivity contribution in [3.8, 4) is 0 Å². The van der Waals surface area contributed by atoms with Crippen molar-refractivity contribution < 1.29 is 56.8 Å². The predicted molar refractivity (Wildman–Crippen MR) is 210 cm³/mol. The monoisotopic (exact) mass is 793 g/mol. The molecule has 1 heterocycles. The summed E-state index contributed by atoms with van der Waals surface area (Å²) in [5.74, 6) is -1.98. The van der Waals surface area contributed by atoms with Crippen molar-refractivity contribution in [3.63, 3.8) is 0 Å². The maximum absolute atomic E-state index is 12.8. The van der Waals surface area contributed by atoms with Crippen LogP contribution in [0.1, 0.15) is 181 Å². The van der Waals surface area contributed by atoms with Crippen LogP contribution in [0.2, 0.25) is 0 Å². The Kier molecular flexibility index (Phi) is 30.3. The lowest BCUT2D eigenvalue weighted by molar-refractivity contribution is -0.297. The highest BCUT2D eigenvalue weighted by atomic mass is 32.2. The van der Waals surface area contributed by atoms with E-state index in [0.717, 1.165) is 51.4 Å². The maximum atomic E-state index is 12.8. The molecule has 0 aliphatic carbocycles. The SMILES string of the molecule is CCCCCC/C=C/CCCCCCCCCC(=O)O[C@H](COC(=O)CCCCCCCCCCCCC)CO[C@H]1O[C@H](CS(=O)(=O)O)[C@@H](O)C(O)C1O. The Balaban J connectivity index is 2.48. The number of esters is 2. The normalized spacial score (nSPS) is 21.0. The molecule has 0 aromatic rings. The van der Waals surface area contributed by atoms with Crippen molar-refractivity contribution in [1.82, 2.24) is 0 Å². The molecule has 1 saturated heterocycles. The first kappa shape index (κ1) is 50.4. The smallest absolute Gasteiger partial charge is 0.306 e. The lowest BCUT2D eigenvalue weighted by atomic mass is 10.00. The molecule has 4 N–H and O–H groups in total. The van der Waals surface area contributed by atoms with Gasteiger partial charge in [-0.2, -0.15) is 8.42 Å². The summed E-state index contributed by atoms with van der Waals surface area (Å²) >= 11 is 0. The van der Waals surface area contributed by atoms with Gasteiger partial charge in [0, 0.05) is 12.8 Å². The molecule has 1 rings (SSSR count). The van der Waals surface area contributed by atoms with Gasteiger partial charge in [-0.3, -0.25) is 14.1 Å². The lowest BCUT2D eigenvalue weighted by Gasteiger charge is -2.40. The van der Waals surface area contributed by atoms with Crippen molar-refractivity contribution in [2.24, 2.45) is 0 Å². The van der Waals surface area contributed by atoms with Gasteiger partial charge in [0.05, 0.1) is 6.61 Å². The predicted octanol–water partition coefficient (Wildman–Crippen LogP) is 7.89. The van der Waals surface area contributed by atoms with Crippen LogP contribution in [0.25, 0.3) is 0 Å². The van der Waals surface area contributed by atoms with Gasteiger partial charge in [-0.1, -0.05) is 142 Å². The highest BCUT2D eigenvalue weighted by molar-refractivity contribution is 7.85. The number of aliphatic hydroxyl groups is 3. The fraction of sp³-hybridized carbons (Fsp3) is 0.902. The average Bonchev–Trinajstić information content (AvgIpc) is 3.13. The zero-order valence-electron chi connectivity index (χ0n) is 33.6. The Morgan fingerprint density at radius 3 is 1.56 bits per heavy atom. The van der Waals surface area contributed by atoms with E-state index < -0.39 is 71.2 Å². The van der Waals surface area contributed by atoms with Crippen LogP contribution in [0.4, 0.5) is 0 Å². The van der Waals surface area contributed by atoms with E-state index in [1.807, 2.05) is 0 Å². The molecule has 0 aromatic carbocycles. The van der Waals surface area contributed by atoms with Gasteiger partial charge in [-0.15, -0.1) is 0 Å². The quantitative estimate of drug-likeness (QED) is 0.0211. The van der Waals surface area contributed by atoms with E-state index in [-0.39, 0.29) is 19.4 Å². The van der Waals surface area contributed by atoms with Crippen molar-refractivity contribution >= 4 is 22.1 Å². The summed E-state index contributed by atoms with van der Waals surface area (Å²) in [5.41, 5.74) is 0. The molecule has 6 atom stereocenters. The minimum Gasteiger partial charge on any atom is -0.462 e. The van der Waals surface area contributed by atoms with Gasteiger partial charge in [-0.05, 0) is 38.5 Å². The number of allylic oxidation sites excluding steroid dienone is 2. The van der Waals surface area contributed by atoms with Crippen molar-refractivity contribution in [2.45, 2.75) is 218 Å². The lowest BCUT2D eigenvalue weighted by Crippen LogP contribution is -2.60. The Bertz CT molecular complexity index is 1070. The molecule has 0 amide bonds. The number of unbranched alkanes of at least 4 members (excludes halogenated alkanes) is 21. The van der Waals surface area contributed by atoms with E-state index in [4.69, 9.17) is 18.9 Å². The van der Waals surface area contributed by atoms with Crippen LogP contribution in [0.5, 0.6) is 0 Å². The van der Waals surface area contributed by atoms with Gasteiger partial charge in [-0.25, -0.2) is 0 Å². The number of hydrogen-bond acceptors (Lipinski definition) is 11. The number of rotatable bonds is 35. The average molecular weight is 793 g/mol. The zero-order valence-corrected chi connectivity index (χ0v) is 34.4. The second-order valence-electron chi connectivity index (χ2n) is 15.0. The summed E-state index contributed by atoms with van der Waals surface area (Å²) in [4.78, 5) is 25.3. The van der Waals surface area contributed by atoms with E-state index in [0.29, 0.717) is 12.8 Å². The summed E-state index contributed by atoms with van der Waals surface area (Å²) in [7, 11) is -4.60. The molecule has 1 fully saturated rings. The third-order valence-corrected chi connectivity index (χ3v) is 10.6. The molecule has 0 radical (unpaired) electrons. The standard InChI is InChI=1S/C41H76O12S/c1-3-5-7-9-11-13-15-16-17-18-20-22-24-26-28-30-37(43)52-34(31-50-36(42)29-27-25-23-21-19-14-12-10-8-6-4-2)32-51-41-40(46)39(45)38(44)35(53-41)33-54(47,48)49/h13,15,34-35,38-41,44-46H,3-12,14,16-33H2,1-2H3,(H,47,48,49)/b15-13+/t34-,35-,38-,39?,40?,41+/m1/s1. The molecular formula is C41H76O12S. The molecule has 12 nitrogen and oxygen atoms in total. The Labute approximate surface area is 326 Å². The van der Waals surface area contributed by atoms with E-state index in [9.17, 15) is 37.9 Å². The molecule has 0 bridgehead atoms. The first-order chi connectivity index (χ1) is 26.0. The summed E-state index contributed by atoms with van der Waals surface area (Å²) in [5, 5.41) is 30.8. The highest BCUT2D eigenvalue weighted by Gasteiger charge is 2.46. The van der Waals surface area contributed by atoms with Crippen LogP contribution in [0.15, 0.2) is 12.2 Å². The summed E-state index contributed by atoms with van der Waals surface area (Å²) < 4.78 is 53.9. The van der Waals surface area contributed by atoms with E-state index in [1.165, 1.54) is 89.9 Å². The Morgan fingerprint density at radius 1 is 0.611 bits per heavy atom. The van der Waals surface area contributed by atoms with Crippen molar-refractivity contribution in [2.75, 3.05) is 19.0 Å². The molecule has 1 aliphatic heterocycles. The van der Waals surface area contributed by atoms with Crippen LogP contribution in [0, 0.1) is 0 Å². The van der Waals surface area contributed by atoms with Crippen LogP contribution < -0.4 is 0 Å². The summed E-state index contributed by atoms with van der Waals surface area (Å²) in [6.07, 6.45) is 22.6. The molecule has 0 spiro atoms. The number of aliphatic hydroxyl groups excluding tert-OH is 3. The van der Waals surface area contributed by atoms with Crippen molar-refractivity contribution in [1.29, 1.82) is 0 Å². The highest BCUT2D eigenvalue weighted by Crippen LogP contribution is 2.24. The van der Waals surface area contributed by atoms with E-state index >= 15 is 0 Å². The number of ether oxygens (including phenoxy) is 4. The number of hydrogen-bond donors (Lipinski definition) is 4. The molecule has 1 aliphatic rings. The van der Waals surface area contributed by atoms with Gasteiger partial charge < -0.3 is 34.3 Å². The second kappa shape index (κ2) is 32.5. The number of carbonyl (C=O) groups is 2. The first-order valence-corrected chi connectivity index (χ1v) is 22.9. The third-order valence-electron chi connectivity index (χ3n) is 9.85. The molecular weight excluding hydrogens is 717 g/mol. The molecule has 13 heteroatoms. The van der Waals surface area contributed by atoms with E-state index in [2.05, 4.69) is 26.0 Å². The largest absolute Gasteiger partial charge is 0.462 e. The molecule has 0 saturated carbocycles. The molecule has 318 valence electrons.